The van der Waals surface area contributed by atoms with E-state index < -0.39 is 11.7 Å². The number of pyridine rings is 1. The number of hydrogen-bond donors (Lipinski definition) is 2. The van der Waals surface area contributed by atoms with E-state index in [2.05, 4.69) is 37.4 Å². The highest BCUT2D eigenvalue weighted by Gasteiger charge is 2.35. The van der Waals surface area contributed by atoms with Gasteiger partial charge in [0.1, 0.15) is 5.65 Å². The van der Waals surface area contributed by atoms with Crippen LogP contribution in [0.15, 0.2) is 65.2 Å². The van der Waals surface area contributed by atoms with E-state index >= 15 is 0 Å². The van der Waals surface area contributed by atoms with Crippen LogP contribution in [0.25, 0.3) is 16.2 Å². The molecule has 0 bridgehead atoms. The van der Waals surface area contributed by atoms with Gasteiger partial charge in [-0.1, -0.05) is 5.92 Å². The smallest absolute Gasteiger partial charge is 0.368 e. The Morgan fingerprint density at radius 1 is 1.14 bits per heavy atom. The highest BCUT2D eigenvalue weighted by molar-refractivity contribution is 7.12. The number of hydrogen-bond acceptors (Lipinski definition) is 8. The third-order valence-electron chi connectivity index (χ3n) is 6.88. The van der Waals surface area contributed by atoms with E-state index in [1.165, 1.54) is 28.2 Å². The summed E-state index contributed by atoms with van der Waals surface area (Å²) in [7, 11) is 0. The zero-order valence-electron chi connectivity index (χ0n) is 22.4. The second-order valence-electron chi connectivity index (χ2n) is 9.57. The van der Waals surface area contributed by atoms with Gasteiger partial charge < -0.3 is 15.5 Å². The standard InChI is InChI=1S/C29H25F3N8OS/c1-2-4-19-15-20-17-35-27(36-21-6-7-24(23(16-21)29(30,31)32)38-12-8-33-9-13-38)37-25(20)40(26(19)41)18-22-5-3-11-39(22)28-34-10-14-42-28/h3,5-7,10-11,14-17,33H,8-9,12-13,18H2,1H3,(H,35,36,37). The summed E-state index contributed by atoms with van der Waals surface area (Å²) in [6.07, 6.45) is 0.544. The van der Waals surface area contributed by atoms with Gasteiger partial charge in [0, 0.05) is 72.6 Å². The second kappa shape index (κ2) is 11.3. The van der Waals surface area contributed by atoms with Gasteiger partial charge in [-0.3, -0.25) is 13.9 Å². The number of alkyl halides is 3. The van der Waals surface area contributed by atoms with E-state index in [9.17, 15) is 18.0 Å². The van der Waals surface area contributed by atoms with Gasteiger partial charge in [0.25, 0.3) is 5.56 Å². The van der Waals surface area contributed by atoms with Crippen LogP contribution in [0.1, 0.15) is 23.7 Å². The number of nitrogens with one attached hydrogen (secondary N) is 2. The number of fused-ring (bicyclic) bond motifs is 1. The molecule has 4 aromatic heterocycles. The summed E-state index contributed by atoms with van der Waals surface area (Å²) < 4.78 is 45.6. The Hall–Kier alpha value is -4.67. The maximum absolute atomic E-state index is 14.1. The molecule has 13 heteroatoms. The minimum absolute atomic E-state index is 0.0586. The number of benzene rings is 1. The van der Waals surface area contributed by atoms with Gasteiger partial charge in [-0.15, -0.1) is 17.3 Å². The van der Waals surface area contributed by atoms with Crippen LogP contribution in [0.3, 0.4) is 0 Å². The van der Waals surface area contributed by atoms with Crippen LogP contribution in [0.2, 0.25) is 0 Å². The molecule has 1 fully saturated rings. The van der Waals surface area contributed by atoms with Crippen molar-refractivity contribution in [2.75, 3.05) is 36.4 Å². The number of thiazole rings is 1. The summed E-state index contributed by atoms with van der Waals surface area (Å²) in [6, 6.07) is 9.49. The minimum atomic E-state index is -4.55. The molecule has 1 aromatic carbocycles. The van der Waals surface area contributed by atoms with Gasteiger partial charge in [0.2, 0.25) is 5.95 Å². The Morgan fingerprint density at radius 3 is 2.71 bits per heavy atom. The highest BCUT2D eigenvalue weighted by atomic mass is 32.1. The Morgan fingerprint density at radius 2 is 1.98 bits per heavy atom. The van der Waals surface area contributed by atoms with Crippen LogP contribution in [-0.2, 0) is 12.7 Å². The predicted molar refractivity (Wildman–Crippen MR) is 157 cm³/mol. The predicted octanol–water partition coefficient (Wildman–Crippen LogP) is 4.63. The first kappa shape index (κ1) is 27.5. The maximum atomic E-state index is 14.1. The molecule has 5 heterocycles. The molecule has 0 saturated carbocycles. The number of aromatic nitrogens is 5. The number of rotatable bonds is 6. The SMILES string of the molecule is CC#Cc1cc2cnc(Nc3ccc(N4CCNCC4)c(C(F)(F)F)c3)nc2n(Cc2cccn2-c2nccs2)c1=O. The molecule has 0 radical (unpaired) electrons. The third kappa shape index (κ3) is 5.46. The molecule has 1 saturated heterocycles. The number of piperazine rings is 1. The highest BCUT2D eigenvalue weighted by Crippen LogP contribution is 2.39. The lowest BCUT2D eigenvalue weighted by Gasteiger charge is -2.31. The minimum Gasteiger partial charge on any atom is -0.368 e. The molecule has 214 valence electrons. The molecule has 2 N–H and O–H groups in total. The van der Waals surface area contributed by atoms with E-state index in [1.807, 2.05) is 28.3 Å². The monoisotopic (exact) mass is 590 g/mol. The Balaban J connectivity index is 1.40. The van der Waals surface area contributed by atoms with Gasteiger partial charge in [0.05, 0.1) is 17.7 Å². The molecule has 1 aliphatic heterocycles. The number of nitrogens with zero attached hydrogens (tertiary/aromatic N) is 6. The summed E-state index contributed by atoms with van der Waals surface area (Å²) in [6.45, 7) is 4.01. The second-order valence-corrected chi connectivity index (χ2v) is 10.4. The zero-order valence-corrected chi connectivity index (χ0v) is 23.3. The summed E-state index contributed by atoms with van der Waals surface area (Å²) in [5.41, 5.74) is 0.642. The van der Waals surface area contributed by atoms with Gasteiger partial charge in [-0.25, -0.2) is 9.97 Å². The first-order chi connectivity index (χ1) is 20.3. The molecule has 9 nitrogen and oxygen atoms in total. The van der Waals surface area contributed by atoms with E-state index in [0.29, 0.717) is 42.8 Å². The van der Waals surface area contributed by atoms with Crippen LogP contribution in [-0.4, -0.2) is 50.3 Å². The van der Waals surface area contributed by atoms with Crippen molar-refractivity contribution in [3.63, 3.8) is 0 Å². The fourth-order valence-corrected chi connectivity index (χ4v) is 5.63. The van der Waals surface area contributed by atoms with Crippen molar-refractivity contribution in [2.24, 2.45) is 0 Å². The van der Waals surface area contributed by atoms with Crippen LogP contribution in [0.4, 0.5) is 30.5 Å². The third-order valence-corrected chi connectivity index (χ3v) is 7.65. The fraction of sp³-hybridized carbons (Fsp3) is 0.241. The van der Waals surface area contributed by atoms with Crippen LogP contribution >= 0.6 is 11.3 Å². The van der Waals surface area contributed by atoms with Crippen molar-refractivity contribution in [3.05, 3.63) is 87.5 Å². The van der Waals surface area contributed by atoms with Crippen molar-refractivity contribution in [3.8, 4) is 17.0 Å². The van der Waals surface area contributed by atoms with Gasteiger partial charge >= 0.3 is 6.18 Å². The number of halogens is 3. The van der Waals surface area contributed by atoms with Crippen LogP contribution in [0.5, 0.6) is 0 Å². The molecule has 42 heavy (non-hydrogen) atoms. The van der Waals surface area contributed by atoms with Crippen molar-refractivity contribution in [1.29, 1.82) is 0 Å². The Kier molecular flexibility index (Phi) is 7.40. The lowest BCUT2D eigenvalue weighted by Crippen LogP contribution is -2.44. The van der Waals surface area contributed by atoms with Crippen LogP contribution < -0.4 is 21.1 Å². The molecule has 1 aliphatic rings. The average molecular weight is 591 g/mol. The average Bonchev–Trinajstić information content (AvgIpc) is 3.68. The maximum Gasteiger partial charge on any atom is 0.418 e. The fourth-order valence-electron chi connectivity index (χ4n) is 4.97. The topological polar surface area (TPSA) is 92.9 Å². The summed E-state index contributed by atoms with van der Waals surface area (Å²) >= 11 is 1.46. The van der Waals surface area contributed by atoms with Crippen molar-refractivity contribution in [1.82, 2.24) is 29.4 Å². The quantitative estimate of drug-likeness (QED) is 0.279. The van der Waals surface area contributed by atoms with Crippen molar-refractivity contribution in [2.45, 2.75) is 19.6 Å². The van der Waals surface area contributed by atoms with E-state index in [-0.39, 0.29) is 29.4 Å². The molecule has 0 atom stereocenters. The Labute approximate surface area is 242 Å². The lowest BCUT2D eigenvalue weighted by molar-refractivity contribution is -0.137. The molecular weight excluding hydrogens is 565 g/mol. The normalized spacial score (nSPS) is 13.7. The van der Waals surface area contributed by atoms with Gasteiger partial charge in [-0.05, 0) is 43.3 Å². The molecule has 0 spiro atoms. The molecule has 5 aromatic rings. The summed E-state index contributed by atoms with van der Waals surface area (Å²) in [5.74, 6) is 5.68. The first-order valence-corrected chi connectivity index (χ1v) is 14.0. The van der Waals surface area contributed by atoms with Crippen molar-refractivity contribution < 1.29 is 13.2 Å². The number of anilines is 3. The van der Waals surface area contributed by atoms with Gasteiger partial charge in [0.15, 0.2) is 5.13 Å². The summed E-state index contributed by atoms with van der Waals surface area (Å²) in [5, 5.41) is 9.24. The lowest BCUT2D eigenvalue weighted by atomic mass is 10.1. The first-order valence-electron chi connectivity index (χ1n) is 13.2. The molecule has 0 unspecified atom stereocenters. The molecule has 6 rings (SSSR count). The summed E-state index contributed by atoms with van der Waals surface area (Å²) in [4.78, 5) is 28.5. The molecular formula is C29H25F3N8OS. The Bertz CT molecular complexity index is 1860. The van der Waals surface area contributed by atoms with E-state index in [0.717, 1.165) is 16.9 Å². The molecule has 0 aliphatic carbocycles. The van der Waals surface area contributed by atoms with Crippen LogP contribution in [0, 0.1) is 11.8 Å². The van der Waals surface area contributed by atoms with E-state index in [1.54, 1.807) is 30.2 Å². The van der Waals surface area contributed by atoms with Crippen molar-refractivity contribution >= 4 is 39.7 Å². The largest absolute Gasteiger partial charge is 0.418 e. The van der Waals surface area contributed by atoms with E-state index in [4.69, 9.17) is 0 Å². The molecule has 0 amide bonds. The van der Waals surface area contributed by atoms with Gasteiger partial charge in [-0.2, -0.15) is 18.2 Å². The zero-order chi connectivity index (χ0) is 29.3.